The third kappa shape index (κ3) is 8.89. The molecule has 0 heterocycles. The number of carbonyl (C=O) groups is 2. The molecule has 3 rings (SSSR count). The van der Waals surface area contributed by atoms with Crippen LogP contribution in [-0.4, -0.2) is 29.3 Å². The number of hydrogen-bond acceptors (Lipinski definition) is 2. The topological polar surface area (TPSA) is 49.4 Å². The molecule has 0 fully saturated rings. The summed E-state index contributed by atoms with van der Waals surface area (Å²) in [5, 5.41) is 4.06. The number of carbonyl (C=O) groups excluding carboxylic acids is 2. The molecule has 0 spiro atoms. The molecule has 1 atom stereocenters. The SMILES string of the molecule is CCCCNC(=O)[C@@H](Cc1ccccc1)N(Cc1ccc(Cl)cc1Cl)C(=O)CCc1ccc(C(C)C)cc1. The summed E-state index contributed by atoms with van der Waals surface area (Å²) in [6.07, 6.45) is 3.16. The first-order valence-corrected chi connectivity index (χ1v) is 14.2. The monoisotopic (exact) mass is 552 g/mol. The van der Waals surface area contributed by atoms with Crippen LogP contribution in [0.5, 0.6) is 0 Å². The van der Waals surface area contributed by atoms with Gasteiger partial charge in [-0.3, -0.25) is 9.59 Å². The first-order valence-electron chi connectivity index (χ1n) is 13.4. The molecule has 0 radical (unpaired) electrons. The Kier molecular flexibility index (Phi) is 11.7. The van der Waals surface area contributed by atoms with Crippen LogP contribution in [0, 0.1) is 0 Å². The van der Waals surface area contributed by atoms with E-state index < -0.39 is 6.04 Å². The minimum absolute atomic E-state index is 0.0875. The van der Waals surface area contributed by atoms with E-state index in [4.69, 9.17) is 23.2 Å². The predicted octanol–water partition coefficient (Wildman–Crippen LogP) is 7.61. The Morgan fingerprint density at radius 1 is 0.921 bits per heavy atom. The maximum absolute atomic E-state index is 13.8. The van der Waals surface area contributed by atoms with E-state index in [1.54, 1.807) is 17.0 Å². The molecule has 0 aromatic heterocycles. The molecule has 0 bridgehead atoms. The summed E-state index contributed by atoms with van der Waals surface area (Å²) in [7, 11) is 0. The zero-order valence-corrected chi connectivity index (χ0v) is 24.1. The van der Waals surface area contributed by atoms with Crippen LogP contribution in [0.1, 0.15) is 68.2 Å². The van der Waals surface area contributed by atoms with Crippen LogP contribution in [0.3, 0.4) is 0 Å². The Bertz CT molecular complexity index is 1180. The molecule has 2 amide bonds. The molecule has 0 saturated heterocycles. The fourth-order valence-corrected chi connectivity index (χ4v) is 4.83. The van der Waals surface area contributed by atoms with Gasteiger partial charge in [0, 0.05) is 36.0 Å². The summed E-state index contributed by atoms with van der Waals surface area (Å²) in [6, 6.07) is 22.8. The predicted molar refractivity (Wildman–Crippen MR) is 158 cm³/mol. The Balaban J connectivity index is 1.89. The molecule has 0 unspecified atom stereocenters. The van der Waals surface area contributed by atoms with Crippen LogP contribution in [-0.2, 0) is 29.0 Å². The molecule has 202 valence electrons. The largest absolute Gasteiger partial charge is 0.354 e. The van der Waals surface area contributed by atoms with Crippen molar-refractivity contribution in [3.8, 4) is 0 Å². The number of nitrogens with one attached hydrogen (secondary N) is 1. The van der Waals surface area contributed by atoms with Crippen molar-refractivity contribution in [2.75, 3.05) is 6.54 Å². The van der Waals surface area contributed by atoms with E-state index in [2.05, 4.69) is 50.4 Å². The van der Waals surface area contributed by atoms with Gasteiger partial charge in [0.15, 0.2) is 0 Å². The lowest BCUT2D eigenvalue weighted by molar-refractivity contribution is -0.141. The van der Waals surface area contributed by atoms with Crippen molar-refractivity contribution in [2.24, 2.45) is 0 Å². The summed E-state index contributed by atoms with van der Waals surface area (Å²) in [6.45, 7) is 7.21. The summed E-state index contributed by atoms with van der Waals surface area (Å²) < 4.78 is 0. The first-order chi connectivity index (χ1) is 18.3. The minimum Gasteiger partial charge on any atom is -0.354 e. The number of aryl methyl sites for hydroxylation is 1. The molecule has 1 N–H and O–H groups in total. The molecule has 0 saturated carbocycles. The maximum Gasteiger partial charge on any atom is 0.243 e. The second-order valence-electron chi connectivity index (χ2n) is 10.0. The van der Waals surface area contributed by atoms with Gasteiger partial charge < -0.3 is 10.2 Å². The van der Waals surface area contributed by atoms with E-state index in [-0.39, 0.29) is 18.4 Å². The first kappa shape index (κ1) is 29.7. The zero-order valence-electron chi connectivity index (χ0n) is 22.6. The van der Waals surface area contributed by atoms with Gasteiger partial charge in [-0.1, -0.05) is 111 Å². The minimum atomic E-state index is -0.670. The van der Waals surface area contributed by atoms with Gasteiger partial charge in [-0.2, -0.15) is 0 Å². The molecule has 3 aromatic carbocycles. The van der Waals surface area contributed by atoms with Crippen molar-refractivity contribution >= 4 is 35.0 Å². The van der Waals surface area contributed by atoms with Gasteiger partial charge in [0.2, 0.25) is 11.8 Å². The number of nitrogens with zero attached hydrogens (tertiary/aromatic N) is 1. The Labute approximate surface area is 237 Å². The smallest absolute Gasteiger partial charge is 0.243 e. The van der Waals surface area contributed by atoms with Gasteiger partial charge in [0.25, 0.3) is 0 Å². The van der Waals surface area contributed by atoms with Gasteiger partial charge >= 0.3 is 0 Å². The van der Waals surface area contributed by atoms with Crippen molar-refractivity contribution in [2.45, 2.75) is 71.4 Å². The van der Waals surface area contributed by atoms with Crippen LogP contribution in [0.25, 0.3) is 0 Å². The van der Waals surface area contributed by atoms with Gasteiger partial charge in [0.05, 0.1) is 0 Å². The summed E-state index contributed by atoms with van der Waals surface area (Å²) in [4.78, 5) is 29.0. The highest BCUT2D eigenvalue weighted by molar-refractivity contribution is 6.35. The van der Waals surface area contributed by atoms with Crippen molar-refractivity contribution < 1.29 is 9.59 Å². The lowest BCUT2D eigenvalue weighted by atomic mass is 9.99. The van der Waals surface area contributed by atoms with Crippen LogP contribution in [0.4, 0.5) is 0 Å². The lowest BCUT2D eigenvalue weighted by Crippen LogP contribution is -2.50. The molecular formula is C32H38Cl2N2O2. The van der Waals surface area contributed by atoms with Gasteiger partial charge in [-0.25, -0.2) is 0 Å². The number of hydrogen-bond donors (Lipinski definition) is 1. The second-order valence-corrected chi connectivity index (χ2v) is 10.8. The number of unbranched alkanes of at least 4 members (excludes halogenated alkanes) is 1. The van der Waals surface area contributed by atoms with E-state index in [0.29, 0.717) is 41.8 Å². The summed E-state index contributed by atoms with van der Waals surface area (Å²) in [5.41, 5.74) is 4.11. The molecule has 38 heavy (non-hydrogen) atoms. The number of rotatable bonds is 13. The fourth-order valence-electron chi connectivity index (χ4n) is 4.36. The third-order valence-corrected chi connectivity index (χ3v) is 7.32. The highest BCUT2D eigenvalue weighted by Crippen LogP contribution is 2.25. The van der Waals surface area contributed by atoms with Crippen molar-refractivity contribution in [1.82, 2.24) is 10.2 Å². The third-order valence-electron chi connectivity index (χ3n) is 6.73. The van der Waals surface area contributed by atoms with E-state index in [0.717, 1.165) is 29.5 Å². The summed E-state index contributed by atoms with van der Waals surface area (Å²) in [5.74, 6) is 0.216. The van der Waals surface area contributed by atoms with Crippen LogP contribution >= 0.6 is 23.2 Å². The van der Waals surface area contributed by atoms with Gasteiger partial charge in [-0.05, 0) is 53.1 Å². The maximum atomic E-state index is 13.8. The standard InChI is InChI=1S/C32H38Cl2N2O2/c1-4-5-19-35-32(38)30(20-25-9-7-6-8-10-25)36(22-27-16-17-28(33)21-29(27)34)31(37)18-13-24-11-14-26(15-12-24)23(2)3/h6-12,14-17,21,23,30H,4-5,13,18-20,22H2,1-3H3,(H,35,38)/t30-/m1/s1. The lowest BCUT2D eigenvalue weighted by Gasteiger charge is -2.32. The Hall–Kier alpha value is -2.82. The van der Waals surface area contributed by atoms with Gasteiger partial charge in [-0.15, -0.1) is 0 Å². The summed E-state index contributed by atoms with van der Waals surface area (Å²) >= 11 is 12.6. The Morgan fingerprint density at radius 2 is 1.63 bits per heavy atom. The number of amides is 2. The van der Waals surface area contributed by atoms with Crippen LogP contribution < -0.4 is 5.32 Å². The Morgan fingerprint density at radius 3 is 2.26 bits per heavy atom. The molecule has 0 aliphatic rings. The molecule has 6 heteroatoms. The quantitative estimate of drug-likeness (QED) is 0.222. The normalized spacial score (nSPS) is 11.8. The van der Waals surface area contributed by atoms with Crippen LogP contribution in [0.2, 0.25) is 10.0 Å². The van der Waals surface area contributed by atoms with E-state index in [1.807, 2.05) is 36.4 Å². The van der Waals surface area contributed by atoms with Crippen molar-refractivity contribution in [3.05, 3.63) is 105 Å². The fraction of sp³-hybridized carbons (Fsp3) is 0.375. The van der Waals surface area contributed by atoms with Gasteiger partial charge in [0.1, 0.15) is 6.04 Å². The van der Waals surface area contributed by atoms with E-state index in [9.17, 15) is 9.59 Å². The average Bonchev–Trinajstić information content (AvgIpc) is 2.91. The molecular weight excluding hydrogens is 515 g/mol. The molecule has 4 nitrogen and oxygen atoms in total. The van der Waals surface area contributed by atoms with Crippen molar-refractivity contribution in [3.63, 3.8) is 0 Å². The van der Waals surface area contributed by atoms with Crippen molar-refractivity contribution in [1.29, 1.82) is 0 Å². The molecule has 0 aliphatic carbocycles. The highest BCUT2D eigenvalue weighted by Gasteiger charge is 2.30. The molecule has 3 aromatic rings. The zero-order chi connectivity index (χ0) is 27.5. The van der Waals surface area contributed by atoms with E-state index >= 15 is 0 Å². The second kappa shape index (κ2) is 14.9. The van der Waals surface area contributed by atoms with E-state index in [1.165, 1.54) is 5.56 Å². The average molecular weight is 554 g/mol. The van der Waals surface area contributed by atoms with Crippen LogP contribution in [0.15, 0.2) is 72.8 Å². The number of benzene rings is 3. The highest BCUT2D eigenvalue weighted by atomic mass is 35.5. The number of halogens is 2. The molecule has 0 aliphatic heterocycles.